The van der Waals surface area contributed by atoms with Crippen molar-refractivity contribution in [2.45, 2.75) is 12.3 Å². The fourth-order valence-corrected chi connectivity index (χ4v) is 4.96. The monoisotopic (exact) mass is 329 g/mol. The number of aromatic nitrogens is 1. The molecule has 0 spiro atoms. The summed E-state index contributed by atoms with van der Waals surface area (Å²) in [7, 11) is -3.30. The number of thioether (sulfide) groups is 1. The van der Waals surface area contributed by atoms with Crippen LogP contribution in [0.25, 0.3) is 0 Å². The summed E-state index contributed by atoms with van der Waals surface area (Å²) < 4.78 is 23.7. The van der Waals surface area contributed by atoms with Gasteiger partial charge in [0.2, 0.25) is 0 Å². The van der Waals surface area contributed by atoms with E-state index in [1.54, 1.807) is 30.1 Å². The molecule has 0 saturated carbocycles. The van der Waals surface area contributed by atoms with Gasteiger partial charge in [-0.25, -0.2) is 13.4 Å². The molecule has 0 bridgehead atoms. The molecule has 1 fully saturated rings. The molecule has 1 aliphatic heterocycles. The number of pyridine rings is 1. The second kappa shape index (κ2) is 6.65. The molecule has 2 heterocycles. The number of amides is 1. The molecule has 0 radical (unpaired) electrons. The molecule has 8 heteroatoms. The third-order valence-corrected chi connectivity index (χ3v) is 5.85. The Balaban J connectivity index is 2.20. The van der Waals surface area contributed by atoms with Crippen LogP contribution >= 0.6 is 11.8 Å². The van der Waals surface area contributed by atoms with E-state index in [2.05, 4.69) is 10.3 Å². The molecule has 1 aliphatic rings. The van der Waals surface area contributed by atoms with Gasteiger partial charge in [-0.05, 0) is 19.1 Å². The van der Waals surface area contributed by atoms with Crippen molar-refractivity contribution >= 4 is 33.2 Å². The Morgan fingerprint density at radius 3 is 2.86 bits per heavy atom. The van der Waals surface area contributed by atoms with Crippen molar-refractivity contribution in [3.05, 3.63) is 24.0 Å². The lowest BCUT2D eigenvalue weighted by Crippen LogP contribution is -2.50. The first-order valence-electron chi connectivity index (χ1n) is 6.71. The van der Waals surface area contributed by atoms with Gasteiger partial charge in [0, 0.05) is 30.9 Å². The van der Waals surface area contributed by atoms with Crippen LogP contribution in [-0.2, 0) is 9.84 Å². The minimum absolute atomic E-state index is 0.275. The Bertz CT molecular complexity index is 602. The lowest BCUT2D eigenvalue weighted by molar-refractivity contribution is 0.0744. The molecule has 1 aromatic rings. The summed E-state index contributed by atoms with van der Waals surface area (Å²) in [6.45, 7) is 3.17. The van der Waals surface area contributed by atoms with Gasteiger partial charge in [0.05, 0.1) is 11.9 Å². The number of sulfone groups is 1. The summed E-state index contributed by atoms with van der Waals surface area (Å²) in [5.41, 5.74) is 1.11. The normalized spacial score (nSPS) is 19.3. The van der Waals surface area contributed by atoms with E-state index in [-0.39, 0.29) is 11.6 Å². The summed E-state index contributed by atoms with van der Waals surface area (Å²) in [4.78, 5) is 18.0. The maximum atomic E-state index is 12.5. The molecule has 21 heavy (non-hydrogen) atoms. The van der Waals surface area contributed by atoms with Gasteiger partial charge in [-0.15, -0.1) is 0 Å². The van der Waals surface area contributed by atoms with E-state index in [4.69, 9.17) is 0 Å². The van der Waals surface area contributed by atoms with Crippen LogP contribution < -0.4 is 5.32 Å². The smallest absolute Gasteiger partial charge is 0.273 e. The highest BCUT2D eigenvalue weighted by molar-refractivity contribution is 8.00. The van der Waals surface area contributed by atoms with Crippen molar-refractivity contribution in [2.75, 3.05) is 36.2 Å². The number of rotatable bonds is 4. The topological polar surface area (TPSA) is 79.4 Å². The van der Waals surface area contributed by atoms with Gasteiger partial charge in [-0.2, -0.15) is 11.8 Å². The van der Waals surface area contributed by atoms with Crippen molar-refractivity contribution < 1.29 is 13.2 Å². The largest absolute Gasteiger partial charge is 0.384 e. The zero-order valence-electron chi connectivity index (χ0n) is 12.1. The Morgan fingerprint density at radius 1 is 1.52 bits per heavy atom. The summed E-state index contributed by atoms with van der Waals surface area (Å²) in [5, 5.41) is 2.33. The highest BCUT2D eigenvalue weighted by Gasteiger charge is 2.35. The average Bonchev–Trinajstić information content (AvgIpc) is 2.47. The summed E-state index contributed by atoms with van der Waals surface area (Å²) >= 11 is 1.55. The molecule has 6 nitrogen and oxygen atoms in total. The van der Waals surface area contributed by atoms with E-state index in [0.717, 1.165) is 18.0 Å². The molecule has 1 unspecified atom stereocenters. The molecule has 0 aromatic carbocycles. The minimum atomic E-state index is -3.30. The van der Waals surface area contributed by atoms with E-state index >= 15 is 0 Å². The van der Waals surface area contributed by atoms with E-state index in [1.165, 1.54) is 11.2 Å². The van der Waals surface area contributed by atoms with Gasteiger partial charge >= 0.3 is 0 Å². The maximum Gasteiger partial charge on any atom is 0.273 e. The SMILES string of the molecule is CCNc1ccc(C(=O)N2CCSCC2S(C)(=O)=O)nc1. The predicted octanol–water partition coefficient (Wildman–Crippen LogP) is 1.07. The van der Waals surface area contributed by atoms with Gasteiger partial charge in [0.15, 0.2) is 9.84 Å². The van der Waals surface area contributed by atoms with E-state index in [1.807, 2.05) is 6.92 Å². The zero-order valence-corrected chi connectivity index (χ0v) is 13.7. The van der Waals surface area contributed by atoms with Crippen LogP contribution in [0.2, 0.25) is 0 Å². The van der Waals surface area contributed by atoms with Gasteiger partial charge in [-0.1, -0.05) is 0 Å². The first-order valence-corrected chi connectivity index (χ1v) is 9.82. The molecule has 116 valence electrons. The molecule has 1 amide bonds. The van der Waals surface area contributed by atoms with Crippen LogP contribution in [0.4, 0.5) is 5.69 Å². The highest BCUT2D eigenvalue weighted by atomic mass is 32.2. The Kier molecular flexibility index (Phi) is 5.10. The van der Waals surface area contributed by atoms with Crippen LogP contribution in [0.1, 0.15) is 17.4 Å². The van der Waals surface area contributed by atoms with Crippen molar-refractivity contribution in [1.29, 1.82) is 0 Å². The number of carbonyl (C=O) groups excluding carboxylic acids is 1. The third-order valence-electron chi connectivity index (χ3n) is 3.20. The lowest BCUT2D eigenvalue weighted by Gasteiger charge is -2.33. The van der Waals surface area contributed by atoms with Crippen molar-refractivity contribution in [1.82, 2.24) is 9.88 Å². The zero-order chi connectivity index (χ0) is 15.5. The van der Waals surface area contributed by atoms with E-state index in [9.17, 15) is 13.2 Å². The minimum Gasteiger partial charge on any atom is -0.384 e. The maximum absolute atomic E-state index is 12.5. The van der Waals surface area contributed by atoms with Gasteiger partial charge in [0.25, 0.3) is 5.91 Å². The quantitative estimate of drug-likeness (QED) is 0.890. The molecule has 1 N–H and O–H groups in total. The van der Waals surface area contributed by atoms with Crippen LogP contribution in [0.3, 0.4) is 0 Å². The molecule has 1 aromatic heterocycles. The van der Waals surface area contributed by atoms with Crippen molar-refractivity contribution in [2.24, 2.45) is 0 Å². The van der Waals surface area contributed by atoms with Crippen molar-refractivity contribution in [3.8, 4) is 0 Å². The summed E-state index contributed by atoms with van der Waals surface area (Å²) in [5.74, 6) is 0.835. The number of nitrogens with zero attached hydrogens (tertiary/aromatic N) is 2. The number of hydrogen-bond donors (Lipinski definition) is 1. The van der Waals surface area contributed by atoms with Crippen molar-refractivity contribution in [3.63, 3.8) is 0 Å². The Hall–Kier alpha value is -1.28. The van der Waals surface area contributed by atoms with Gasteiger partial charge in [-0.3, -0.25) is 4.79 Å². The third kappa shape index (κ3) is 3.88. The fourth-order valence-electron chi connectivity index (χ4n) is 2.14. The first kappa shape index (κ1) is 16.1. The van der Waals surface area contributed by atoms with Crippen LogP contribution in [0, 0.1) is 0 Å². The lowest BCUT2D eigenvalue weighted by atomic mass is 10.3. The van der Waals surface area contributed by atoms with E-state index < -0.39 is 15.2 Å². The van der Waals surface area contributed by atoms with Crippen LogP contribution in [-0.4, -0.2) is 60.4 Å². The first-order chi connectivity index (χ1) is 9.93. The van der Waals surface area contributed by atoms with Crippen LogP contribution in [0.15, 0.2) is 18.3 Å². The van der Waals surface area contributed by atoms with Gasteiger partial charge in [0.1, 0.15) is 11.1 Å². The van der Waals surface area contributed by atoms with Crippen LogP contribution in [0.5, 0.6) is 0 Å². The number of carbonyl (C=O) groups is 1. The highest BCUT2D eigenvalue weighted by Crippen LogP contribution is 2.22. The molecular formula is C13H19N3O3S2. The number of hydrogen-bond acceptors (Lipinski definition) is 6. The molecular weight excluding hydrogens is 310 g/mol. The fraction of sp³-hybridized carbons (Fsp3) is 0.538. The van der Waals surface area contributed by atoms with Gasteiger partial charge < -0.3 is 10.2 Å². The summed E-state index contributed by atoms with van der Waals surface area (Å²) in [6, 6.07) is 3.40. The average molecular weight is 329 g/mol. The summed E-state index contributed by atoms with van der Waals surface area (Å²) in [6.07, 6.45) is 2.76. The second-order valence-corrected chi connectivity index (χ2v) is 8.17. The molecule has 2 rings (SSSR count). The molecule has 0 aliphatic carbocycles. The standard InChI is InChI=1S/C13H19N3O3S2/c1-3-14-10-4-5-11(15-8-10)13(17)16-6-7-20-9-12(16)21(2,18)19/h4-5,8,12,14H,3,6-7,9H2,1-2H3. The predicted molar refractivity (Wildman–Crippen MR) is 85.4 cm³/mol. The second-order valence-electron chi connectivity index (χ2n) is 4.82. The Labute approximate surface area is 129 Å². The van der Waals surface area contributed by atoms with E-state index in [0.29, 0.717) is 12.3 Å². The molecule has 1 saturated heterocycles. The Morgan fingerprint density at radius 2 is 2.29 bits per heavy atom. The number of anilines is 1. The molecule has 1 atom stereocenters. The number of nitrogens with one attached hydrogen (secondary N) is 1.